The third kappa shape index (κ3) is 3.39. The van der Waals surface area contributed by atoms with Crippen molar-refractivity contribution < 1.29 is 9.18 Å². The molecule has 0 aliphatic heterocycles. The minimum Gasteiger partial charge on any atom is -0.319 e. The van der Waals surface area contributed by atoms with Crippen molar-refractivity contribution in [2.75, 3.05) is 5.32 Å². The quantitative estimate of drug-likeness (QED) is 0.558. The zero-order valence-electron chi connectivity index (χ0n) is 14.2. The summed E-state index contributed by atoms with van der Waals surface area (Å²) in [6.45, 7) is 3.79. The van der Waals surface area contributed by atoms with Gasteiger partial charge in [0.15, 0.2) is 0 Å². The smallest absolute Gasteiger partial charge is 0.266 e. The molecular formula is C19H16FN5O. The molecule has 0 saturated heterocycles. The van der Waals surface area contributed by atoms with Crippen LogP contribution in [0.15, 0.2) is 48.3 Å². The molecule has 0 aliphatic carbocycles. The summed E-state index contributed by atoms with van der Waals surface area (Å²) in [6.07, 6.45) is 4.51. The number of nitrogens with one attached hydrogen (secondary N) is 2. The van der Waals surface area contributed by atoms with Crippen molar-refractivity contribution in [3.63, 3.8) is 0 Å². The van der Waals surface area contributed by atoms with Gasteiger partial charge in [-0.1, -0.05) is 0 Å². The number of aromatic amines is 1. The summed E-state index contributed by atoms with van der Waals surface area (Å²) in [6, 6.07) is 9.95. The first-order chi connectivity index (χ1) is 12.5. The minimum absolute atomic E-state index is 0.0226. The van der Waals surface area contributed by atoms with Crippen molar-refractivity contribution in [1.82, 2.24) is 14.8 Å². The Balaban J connectivity index is 1.94. The van der Waals surface area contributed by atoms with Gasteiger partial charge in [-0.05, 0) is 55.8 Å². The molecule has 130 valence electrons. The average molecular weight is 349 g/mol. The Morgan fingerprint density at radius 1 is 1.35 bits per heavy atom. The molecule has 26 heavy (non-hydrogen) atoms. The predicted octanol–water partition coefficient (Wildman–Crippen LogP) is 3.50. The fourth-order valence-electron chi connectivity index (χ4n) is 2.74. The van der Waals surface area contributed by atoms with E-state index in [1.54, 1.807) is 12.1 Å². The predicted molar refractivity (Wildman–Crippen MR) is 96.0 cm³/mol. The third-order valence-corrected chi connectivity index (χ3v) is 3.98. The molecule has 3 rings (SSSR count). The lowest BCUT2D eigenvalue weighted by atomic mass is 10.1. The summed E-state index contributed by atoms with van der Waals surface area (Å²) in [4.78, 5) is 12.3. The molecule has 1 amide bonds. The van der Waals surface area contributed by atoms with Crippen LogP contribution in [0.2, 0.25) is 0 Å². The summed E-state index contributed by atoms with van der Waals surface area (Å²) in [5, 5.41) is 18.3. The number of nitriles is 1. The molecule has 0 fully saturated rings. The summed E-state index contributed by atoms with van der Waals surface area (Å²) in [5.41, 5.74) is 3.76. The lowest BCUT2D eigenvalue weighted by molar-refractivity contribution is -0.112. The Bertz CT molecular complexity index is 1010. The van der Waals surface area contributed by atoms with Gasteiger partial charge in [0.1, 0.15) is 17.5 Å². The normalized spacial score (nSPS) is 11.2. The monoisotopic (exact) mass is 349 g/mol. The van der Waals surface area contributed by atoms with E-state index in [0.717, 1.165) is 22.6 Å². The highest BCUT2D eigenvalue weighted by atomic mass is 19.1. The second-order valence-electron chi connectivity index (χ2n) is 5.75. The Hall–Kier alpha value is -3.66. The van der Waals surface area contributed by atoms with Gasteiger partial charge in [0.25, 0.3) is 5.91 Å². The number of H-pyrrole nitrogens is 1. The van der Waals surface area contributed by atoms with Crippen molar-refractivity contribution in [3.8, 4) is 11.8 Å². The summed E-state index contributed by atoms with van der Waals surface area (Å²) in [5.74, 6) is -0.820. The first kappa shape index (κ1) is 17.2. The molecule has 3 aromatic rings. The van der Waals surface area contributed by atoms with E-state index in [-0.39, 0.29) is 11.4 Å². The van der Waals surface area contributed by atoms with Crippen LogP contribution in [0.5, 0.6) is 0 Å². The van der Waals surface area contributed by atoms with Gasteiger partial charge < -0.3 is 9.88 Å². The molecule has 0 bridgehead atoms. The van der Waals surface area contributed by atoms with E-state index < -0.39 is 5.91 Å². The second kappa shape index (κ2) is 7.07. The number of halogens is 1. The van der Waals surface area contributed by atoms with Gasteiger partial charge >= 0.3 is 0 Å². The Morgan fingerprint density at radius 2 is 2.08 bits per heavy atom. The lowest BCUT2D eigenvalue weighted by Gasteiger charge is -2.09. The fraction of sp³-hybridized carbons (Fsp3) is 0.105. The van der Waals surface area contributed by atoms with Crippen molar-refractivity contribution in [3.05, 3.63) is 71.1 Å². The molecule has 0 radical (unpaired) electrons. The third-order valence-electron chi connectivity index (χ3n) is 3.98. The first-order valence-corrected chi connectivity index (χ1v) is 7.86. The van der Waals surface area contributed by atoms with Crippen molar-refractivity contribution in [2.45, 2.75) is 13.8 Å². The number of anilines is 1. The van der Waals surface area contributed by atoms with E-state index in [4.69, 9.17) is 0 Å². The molecule has 2 aromatic heterocycles. The molecule has 0 spiro atoms. The van der Waals surface area contributed by atoms with E-state index in [0.29, 0.717) is 5.69 Å². The zero-order chi connectivity index (χ0) is 18.7. The second-order valence-corrected chi connectivity index (χ2v) is 5.75. The highest BCUT2D eigenvalue weighted by Crippen LogP contribution is 2.23. The van der Waals surface area contributed by atoms with Gasteiger partial charge in [-0.25, -0.2) is 4.39 Å². The fourth-order valence-corrected chi connectivity index (χ4v) is 2.74. The Kier molecular flexibility index (Phi) is 4.67. The van der Waals surface area contributed by atoms with Crippen LogP contribution in [0.1, 0.15) is 17.0 Å². The first-order valence-electron chi connectivity index (χ1n) is 7.86. The van der Waals surface area contributed by atoms with E-state index in [9.17, 15) is 14.4 Å². The van der Waals surface area contributed by atoms with Crippen LogP contribution in [0.25, 0.3) is 11.8 Å². The van der Waals surface area contributed by atoms with Crippen LogP contribution >= 0.6 is 0 Å². The van der Waals surface area contributed by atoms with E-state index >= 15 is 0 Å². The van der Waals surface area contributed by atoms with Gasteiger partial charge in [0.05, 0.1) is 11.9 Å². The molecular weight excluding hydrogens is 333 g/mol. The number of hydrogen-bond acceptors (Lipinski definition) is 3. The van der Waals surface area contributed by atoms with E-state index in [1.807, 2.05) is 30.6 Å². The van der Waals surface area contributed by atoms with Gasteiger partial charge in [0.2, 0.25) is 0 Å². The number of benzene rings is 1. The van der Waals surface area contributed by atoms with Crippen LogP contribution in [-0.4, -0.2) is 20.7 Å². The number of amides is 1. The zero-order valence-corrected chi connectivity index (χ0v) is 14.2. The van der Waals surface area contributed by atoms with Crippen LogP contribution in [0.3, 0.4) is 0 Å². The van der Waals surface area contributed by atoms with Crippen molar-refractivity contribution in [2.24, 2.45) is 0 Å². The van der Waals surface area contributed by atoms with Crippen LogP contribution in [-0.2, 0) is 4.79 Å². The maximum Gasteiger partial charge on any atom is 0.266 e. The number of nitrogens with zero attached hydrogens (tertiary/aromatic N) is 3. The lowest BCUT2D eigenvalue weighted by Crippen LogP contribution is -2.12. The molecule has 0 unspecified atom stereocenters. The van der Waals surface area contributed by atoms with Crippen molar-refractivity contribution >= 4 is 17.7 Å². The number of rotatable bonds is 4. The van der Waals surface area contributed by atoms with Gasteiger partial charge in [-0.3, -0.25) is 9.89 Å². The summed E-state index contributed by atoms with van der Waals surface area (Å²) < 4.78 is 15.1. The highest BCUT2D eigenvalue weighted by Gasteiger charge is 2.14. The molecule has 0 saturated carbocycles. The number of carbonyl (C=O) groups excluding carboxylic acids is 1. The van der Waals surface area contributed by atoms with Crippen LogP contribution in [0, 0.1) is 31.0 Å². The van der Waals surface area contributed by atoms with E-state index in [2.05, 4.69) is 15.5 Å². The number of aryl methyl sites for hydroxylation is 1. The van der Waals surface area contributed by atoms with Crippen LogP contribution in [0.4, 0.5) is 10.1 Å². The molecule has 1 aromatic carbocycles. The number of carbonyl (C=O) groups is 1. The standard InChI is InChI=1S/C19H16FN5O/c1-12-7-14(13(2)25(12)18-5-3-16(20)4-6-18)8-15(9-21)19(26)24-17-10-22-23-11-17/h3-8,10-11H,1-2H3,(H,22,23)(H,24,26)/b15-8+. The Labute approximate surface area is 149 Å². The average Bonchev–Trinajstić information content (AvgIpc) is 3.22. The SMILES string of the molecule is Cc1cc(/C=C(\C#N)C(=O)Nc2cn[nH]c2)c(C)n1-c1ccc(F)cc1. The molecule has 2 heterocycles. The van der Waals surface area contributed by atoms with E-state index in [1.165, 1.54) is 30.6 Å². The highest BCUT2D eigenvalue weighted by molar-refractivity contribution is 6.09. The molecule has 6 nitrogen and oxygen atoms in total. The maximum atomic E-state index is 13.2. The number of hydrogen-bond donors (Lipinski definition) is 2. The number of aromatic nitrogens is 3. The Morgan fingerprint density at radius 3 is 2.69 bits per heavy atom. The van der Waals surface area contributed by atoms with Crippen molar-refractivity contribution in [1.29, 1.82) is 5.26 Å². The summed E-state index contributed by atoms with van der Waals surface area (Å²) >= 11 is 0. The van der Waals surface area contributed by atoms with Crippen LogP contribution < -0.4 is 5.32 Å². The molecule has 0 atom stereocenters. The molecule has 7 heteroatoms. The molecule has 2 N–H and O–H groups in total. The topological polar surface area (TPSA) is 86.5 Å². The van der Waals surface area contributed by atoms with Gasteiger partial charge in [-0.15, -0.1) is 0 Å². The van der Waals surface area contributed by atoms with Gasteiger partial charge in [0, 0.05) is 23.3 Å². The summed E-state index contributed by atoms with van der Waals surface area (Å²) in [7, 11) is 0. The maximum absolute atomic E-state index is 13.2. The van der Waals surface area contributed by atoms with Gasteiger partial charge in [-0.2, -0.15) is 10.4 Å². The largest absolute Gasteiger partial charge is 0.319 e. The molecule has 0 aliphatic rings. The minimum atomic E-state index is -0.513.